The fraction of sp³-hybridized carbons (Fsp3) is 0.214. The van der Waals surface area contributed by atoms with Crippen molar-refractivity contribution < 1.29 is 0 Å². The van der Waals surface area contributed by atoms with Crippen LogP contribution in [0.1, 0.15) is 22.5 Å². The second-order valence-corrected chi connectivity index (χ2v) is 5.01. The van der Waals surface area contributed by atoms with E-state index in [-0.39, 0.29) is 11.5 Å². The molecule has 4 N–H and O–H groups in total. The lowest BCUT2D eigenvalue weighted by atomic mass is 10.1. The van der Waals surface area contributed by atoms with Gasteiger partial charge in [0.15, 0.2) is 11.2 Å². The Balaban J connectivity index is 2.03. The van der Waals surface area contributed by atoms with E-state index in [2.05, 4.69) is 52.0 Å². The molecule has 0 saturated carbocycles. The van der Waals surface area contributed by atoms with Crippen LogP contribution in [0.15, 0.2) is 23.0 Å². The Morgan fingerprint density at radius 2 is 1.80 bits per heavy atom. The first-order chi connectivity index (χ1) is 9.51. The number of nitrogens with one attached hydrogen (secondary N) is 2. The second kappa shape index (κ2) is 4.48. The summed E-state index contributed by atoms with van der Waals surface area (Å²) < 4.78 is 0. The molecule has 20 heavy (non-hydrogen) atoms. The standard InChI is InChI=1S/C14H15N5O/c1-7-3-8(2)5-9(4-7)6-10-16-11-12(17-10)18-14(15)19-13(11)20/h3-5H,6H2,1-2H3,(H4,15,16,17,18,19,20). The van der Waals surface area contributed by atoms with Crippen LogP contribution >= 0.6 is 0 Å². The zero-order valence-electron chi connectivity index (χ0n) is 11.3. The van der Waals surface area contributed by atoms with E-state index in [1.807, 2.05) is 0 Å². The first kappa shape index (κ1) is 12.4. The average Bonchev–Trinajstić information content (AvgIpc) is 2.70. The number of nitrogens with zero attached hydrogens (tertiary/aromatic N) is 2. The molecule has 1 aromatic carbocycles. The number of benzene rings is 1. The summed E-state index contributed by atoms with van der Waals surface area (Å²) in [5, 5.41) is 0. The normalized spacial score (nSPS) is 11.1. The monoisotopic (exact) mass is 269 g/mol. The predicted molar refractivity (Wildman–Crippen MR) is 77.6 cm³/mol. The number of H-pyrrole nitrogens is 2. The van der Waals surface area contributed by atoms with Gasteiger partial charge in [-0.15, -0.1) is 0 Å². The SMILES string of the molecule is Cc1cc(C)cc(Cc2nc3nc(N)[nH]c(=O)c3[nH]2)c1. The minimum atomic E-state index is -0.299. The highest BCUT2D eigenvalue weighted by Gasteiger charge is 2.09. The van der Waals surface area contributed by atoms with Crippen molar-refractivity contribution in [1.82, 2.24) is 19.9 Å². The van der Waals surface area contributed by atoms with Crippen molar-refractivity contribution in [3.63, 3.8) is 0 Å². The van der Waals surface area contributed by atoms with Crippen molar-refractivity contribution in [2.24, 2.45) is 0 Å². The summed E-state index contributed by atoms with van der Waals surface area (Å²) in [6, 6.07) is 6.33. The van der Waals surface area contributed by atoms with Gasteiger partial charge in [-0.25, -0.2) is 4.98 Å². The van der Waals surface area contributed by atoms with Crippen molar-refractivity contribution in [3.8, 4) is 0 Å². The highest BCUT2D eigenvalue weighted by atomic mass is 16.1. The third-order valence-corrected chi connectivity index (χ3v) is 3.08. The van der Waals surface area contributed by atoms with Crippen LogP contribution in [0.4, 0.5) is 5.95 Å². The first-order valence-electron chi connectivity index (χ1n) is 6.33. The quantitative estimate of drug-likeness (QED) is 0.655. The third kappa shape index (κ3) is 2.27. The Morgan fingerprint density at radius 1 is 1.10 bits per heavy atom. The number of nitrogens with two attached hydrogens (primary N) is 1. The summed E-state index contributed by atoms with van der Waals surface area (Å²) in [4.78, 5) is 25.5. The number of rotatable bonds is 2. The van der Waals surface area contributed by atoms with E-state index in [4.69, 9.17) is 5.73 Å². The Hall–Kier alpha value is -2.63. The molecule has 2 heterocycles. The number of hydrogen-bond donors (Lipinski definition) is 3. The first-order valence-corrected chi connectivity index (χ1v) is 6.33. The molecule has 0 atom stereocenters. The number of imidazole rings is 1. The van der Waals surface area contributed by atoms with E-state index in [1.54, 1.807) is 0 Å². The Morgan fingerprint density at radius 3 is 2.50 bits per heavy atom. The lowest BCUT2D eigenvalue weighted by molar-refractivity contribution is 1.03. The minimum Gasteiger partial charge on any atom is -0.369 e. The molecule has 3 aromatic rings. The Kier molecular flexibility index (Phi) is 2.78. The van der Waals surface area contributed by atoms with E-state index < -0.39 is 0 Å². The fourth-order valence-corrected chi connectivity index (χ4v) is 2.42. The van der Waals surface area contributed by atoms with Crippen LogP contribution in [-0.4, -0.2) is 19.9 Å². The lowest BCUT2D eigenvalue weighted by Crippen LogP contribution is -2.10. The zero-order chi connectivity index (χ0) is 14.3. The smallest absolute Gasteiger partial charge is 0.278 e. The Bertz CT molecular complexity index is 826. The van der Waals surface area contributed by atoms with Crippen molar-refractivity contribution >= 4 is 17.1 Å². The number of aryl methyl sites for hydroxylation is 2. The zero-order valence-corrected chi connectivity index (χ0v) is 11.3. The number of nitrogen functional groups attached to an aromatic ring is 1. The van der Waals surface area contributed by atoms with Gasteiger partial charge in [0.05, 0.1) is 0 Å². The largest absolute Gasteiger partial charge is 0.369 e. The second-order valence-electron chi connectivity index (χ2n) is 5.01. The number of aromatic nitrogens is 4. The van der Waals surface area contributed by atoms with Crippen molar-refractivity contribution in [2.45, 2.75) is 20.3 Å². The molecule has 0 aliphatic rings. The molecule has 0 amide bonds. The van der Waals surface area contributed by atoms with E-state index in [9.17, 15) is 4.79 Å². The van der Waals surface area contributed by atoms with Crippen molar-refractivity contribution in [2.75, 3.05) is 5.73 Å². The van der Waals surface area contributed by atoms with Gasteiger partial charge in [-0.05, 0) is 19.4 Å². The summed E-state index contributed by atoms with van der Waals surface area (Å²) in [6.07, 6.45) is 0.623. The van der Waals surface area contributed by atoms with Crippen molar-refractivity contribution in [1.29, 1.82) is 0 Å². The van der Waals surface area contributed by atoms with Crippen LogP contribution in [0.2, 0.25) is 0 Å². The molecular weight excluding hydrogens is 254 g/mol. The van der Waals surface area contributed by atoms with E-state index >= 15 is 0 Å². The van der Waals surface area contributed by atoms with Gasteiger partial charge >= 0.3 is 0 Å². The van der Waals surface area contributed by atoms with Crippen LogP contribution in [-0.2, 0) is 6.42 Å². The molecule has 6 nitrogen and oxygen atoms in total. The summed E-state index contributed by atoms with van der Waals surface area (Å²) in [5.74, 6) is 0.778. The Labute approximate surface area is 115 Å². The molecule has 0 fully saturated rings. The fourth-order valence-electron chi connectivity index (χ4n) is 2.42. The summed E-state index contributed by atoms with van der Waals surface area (Å²) in [6.45, 7) is 4.12. The maximum Gasteiger partial charge on any atom is 0.278 e. The molecule has 3 rings (SSSR count). The number of aromatic amines is 2. The molecule has 0 aliphatic carbocycles. The molecule has 0 bridgehead atoms. The predicted octanol–water partition coefficient (Wildman–Crippen LogP) is 1.44. The topological polar surface area (TPSA) is 100 Å². The van der Waals surface area contributed by atoms with Gasteiger partial charge in [0.1, 0.15) is 5.82 Å². The van der Waals surface area contributed by atoms with E-state index in [0.717, 1.165) is 5.56 Å². The molecule has 6 heteroatoms. The van der Waals surface area contributed by atoms with Gasteiger partial charge in [-0.1, -0.05) is 29.3 Å². The number of hydrogen-bond acceptors (Lipinski definition) is 4. The lowest BCUT2D eigenvalue weighted by Gasteiger charge is -2.02. The van der Waals surface area contributed by atoms with Crippen LogP contribution < -0.4 is 11.3 Å². The van der Waals surface area contributed by atoms with Crippen LogP contribution in [0.3, 0.4) is 0 Å². The molecule has 0 radical (unpaired) electrons. The highest BCUT2D eigenvalue weighted by Crippen LogP contribution is 2.13. The average molecular weight is 269 g/mol. The number of fused-ring (bicyclic) bond motifs is 1. The summed E-state index contributed by atoms with van der Waals surface area (Å²) >= 11 is 0. The van der Waals surface area contributed by atoms with Gasteiger partial charge in [-0.2, -0.15) is 4.98 Å². The van der Waals surface area contributed by atoms with Crippen LogP contribution in [0.5, 0.6) is 0 Å². The highest BCUT2D eigenvalue weighted by molar-refractivity contribution is 5.70. The summed E-state index contributed by atoms with van der Waals surface area (Å²) in [5.41, 5.74) is 9.47. The third-order valence-electron chi connectivity index (χ3n) is 3.08. The maximum atomic E-state index is 11.7. The molecule has 0 aliphatic heterocycles. The van der Waals surface area contributed by atoms with Gasteiger partial charge < -0.3 is 10.7 Å². The van der Waals surface area contributed by atoms with Crippen LogP contribution in [0.25, 0.3) is 11.2 Å². The van der Waals surface area contributed by atoms with Gasteiger partial charge in [0.2, 0.25) is 5.95 Å². The van der Waals surface area contributed by atoms with E-state index in [0.29, 0.717) is 23.4 Å². The summed E-state index contributed by atoms with van der Waals surface area (Å²) in [7, 11) is 0. The van der Waals surface area contributed by atoms with Gasteiger partial charge in [-0.3, -0.25) is 9.78 Å². The maximum absolute atomic E-state index is 11.7. The number of anilines is 1. The molecule has 0 spiro atoms. The molecule has 0 saturated heterocycles. The molecule has 0 unspecified atom stereocenters. The van der Waals surface area contributed by atoms with Crippen molar-refractivity contribution in [3.05, 3.63) is 51.1 Å². The van der Waals surface area contributed by atoms with Gasteiger partial charge in [0.25, 0.3) is 5.56 Å². The van der Waals surface area contributed by atoms with Gasteiger partial charge in [0, 0.05) is 6.42 Å². The van der Waals surface area contributed by atoms with Crippen LogP contribution in [0, 0.1) is 13.8 Å². The molecule has 2 aromatic heterocycles. The molecular formula is C14H15N5O. The minimum absolute atomic E-state index is 0.0759. The molecule has 102 valence electrons. The van der Waals surface area contributed by atoms with E-state index in [1.165, 1.54) is 11.1 Å².